The third-order valence-corrected chi connectivity index (χ3v) is 5.36. The number of benzene rings is 1. The van der Waals surface area contributed by atoms with E-state index in [0.717, 1.165) is 17.8 Å². The second-order valence-electron chi connectivity index (χ2n) is 7.14. The van der Waals surface area contributed by atoms with Gasteiger partial charge in [0.05, 0.1) is 12.4 Å². The van der Waals surface area contributed by atoms with Crippen molar-refractivity contribution in [3.05, 3.63) is 71.2 Å². The summed E-state index contributed by atoms with van der Waals surface area (Å²) < 4.78 is 0. The molecular formula is C20H22N2O. The van der Waals surface area contributed by atoms with Crippen LogP contribution in [0.5, 0.6) is 0 Å². The van der Waals surface area contributed by atoms with Gasteiger partial charge in [-0.3, -0.25) is 0 Å². The summed E-state index contributed by atoms with van der Waals surface area (Å²) in [4.78, 5) is 4.74. The van der Waals surface area contributed by atoms with Gasteiger partial charge in [0.25, 0.3) is 0 Å². The minimum Gasteiger partial charge on any atom is -0.384 e. The molecule has 2 aliphatic heterocycles. The van der Waals surface area contributed by atoms with Crippen LogP contribution in [0.25, 0.3) is 0 Å². The highest BCUT2D eigenvalue weighted by atomic mass is 16.3. The van der Waals surface area contributed by atoms with E-state index in [1.807, 2.05) is 30.3 Å². The van der Waals surface area contributed by atoms with E-state index in [1.54, 1.807) is 0 Å². The Balaban J connectivity index is 1.58. The standard InChI is InChI=1S/C20H22N2O/c23-20(15-4-2-1-3-5-15)19-17(14-6-7-14)10-11-21-13-22(12-18(19)21)16-8-9-16/h1-5,10-12,14,16,20,23H,6-9,13H2. The third-order valence-electron chi connectivity index (χ3n) is 5.36. The van der Waals surface area contributed by atoms with Gasteiger partial charge in [-0.25, -0.2) is 0 Å². The lowest BCUT2D eigenvalue weighted by molar-refractivity contribution is 0.209. The normalized spacial score (nSPS) is 24.8. The number of aliphatic hydroxyl groups excluding tert-OH is 1. The van der Waals surface area contributed by atoms with Gasteiger partial charge in [0.2, 0.25) is 0 Å². The first kappa shape index (κ1) is 13.4. The second-order valence-corrected chi connectivity index (χ2v) is 7.14. The lowest BCUT2D eigenvalue weighted by Gasteiger charge is -2.29. The van der Waals surface area contributed by atoms with Crippen LogP contribution in [0, 0.1) is 5.92 Å². The highest BCUT2D eigenvalue weighted by molar-refractivity contribution is 5.51. The monoisotopic (exact) mass is 306 g/mol. The Morgan fingerprint density at radius 2 is 1.83 bits per heavy atom. The van der Waals surface area contributed by atoms with Crippen molar-refractivity contribution in [2.45, 2.75) is 37.8 Å². The van der Waals surface area contributed by atoms with Crippen LogP contribution >= 0.6 is 0 Å². The SMILES string of the molecule is OC(C1=C(C2CC2)C=CN2CN(C3CC3)C=C12)c1ccccc1. The van der Waals surface area contributed by atoms with Gasteiger partial charge in [-0.2, -0.15) is 0 Å². The van der Waals surface area contributed by atoms with Gasteiger partial charge in [-0.05, 0) is 48.8 Å². The second kappa shape index (κ2) is 5.00. The molecule has 0 spiro atoms. The number of nitrogens with zero attached hydrogens (tertiary/aromatic N) is 2. The highest BCUT2D eigenvalue weighted by Crippen LogP contribution is 2.47. The van der Waals surface area contributed by atoms with E-state index < -0.39 is 6.10 Å². The van der Waals surface area contributed by atoms with Crippen molar-refractivity contribution in [1.82, 2.24) is 9.80 Å². The fourth-order valence-corrected chi connectivity index (χ4v) is 3.76. The lowest BCUT2D eigenvalue weighted by atomic mass is 9.90. The lowest BCUT2D eigenvalue weighted by Crippen LogP contribution is -2.27. The first-order valence-electron chi connectivity index (χ1n) is 8.71. The topological polar surface area (TPSA) is 26.7 Å². The predicted octanol–water partition coefficient (Wildman–Crippen LogP) is 3.53. The Morgan fingerprint density at radius 1 is 1.04 bits per heavy atom. The molecule has 1 aromatic rings. The zero-order valence-electron chi connectivity index (χ0n) is 13.2. The fraction of sp³-hybridized carbons (Fsp3) is 0.400. The van der Waals surface area contributed by atoms with Crippen molar-refractivity contribution in [1.29, 1.82) is 0 Å². The summed E-state index contributed by atoms with van der Waals surface area (Å²) in [6.07, 6.45) is 11.3. The van der Waals surface area contributed by atoms with Gasteiger partial charge in [0, 0.05) is 24.0 Å². The quantitative estimate of drug-likeness (QED) is 0.922. The Labute approximate surface area is 137 Å². The molecule has 5 rings (SSSR count). The number of allylic oxidation sites excluding steroid dienone is 2. The molecule has 2 fully saturated rings. The Hall–Kier alpha value is -2.00. The number of hydrogen-bond donors (Lipinski definition) is 1. The van der Waals surface area contributed by atoms with E-state index in [1.165, 1.54) is 37.0 Å². The van der Waals surface area contributed by atoms with Gasteiger partial charge in [0.15, 0.2) is 0 Å². The summed E-state index contributed by atoms with van der Waals surface area (Å²) >= 11 is 0. The van der Waals surface area contributed by atoms with Crippen LogP contribution in [0.4, 0.5) is 0 Å². The number of fused-ring (bicyclic) bond motifs is 1. The summed E-state index contributed by atoms with van der Waals surface area (Å²) in [6, 6.07) is 10.8. The molecule has 0 aromatic heterocycles. The van der Waals surface area contributed by atoms with Gasteiger partial charge in [-0.15, -0.1) is 0 Å². The van der Waals surface area contributed by atoms with Gasteiger partial charge in [-0.1, -0.05) is 30.3 Å². The Bertz CT molecular complexity index is 710. The number of rotatable bonds is 4. The van der Waals surface area contributed by atoms with E-state index in [9.17, 15) is 5.11 Å². The van der Waals surface area contributed by atoms with Gasteiger partial charge in [0.1, 0.15) is 6.10 Å². The van der Waals surface area contributed by atoms with Crippen molar-refractivity contribution in [2.24, 2.45) is 5.92 Å². The summed E-state index contributed by atoms with van der Waals surface area (Å²) in [7, 11) is 0. The Morgan fingerprint density at radius 3 is 2.52 bits per heavy atom. The van der Waals surface area contributed by atoms with Gasteiger partial charge >= 0.3 is 0 Å². The molecule has 2 heterocycles. The molecular weight excluding hydrogens is 284 g/mol. The predicted molar refractivity (Wildman–Crippen MR) is 89.9 cm³/mol. The summed E-state index contributed by atoms with van der Waals surface area (Å²) in [5, 5.41) is 11.1. The minimum atomic E-state index is -0.537. The van der Waals surface area contributed by atoms with Crippen LogP contribution in [-0.2, 0) is 0 Å². The molecule has 1 N–H and O–H groups in total. The maximum Gasteiger partial charge on any atom is 0.106 e. The molecule has 1 unspecified atom stereocenters. The maximum absolute atomic E-state index is 11.1. The Kier molecular flexibility index (Phi) is 2.92. The fourth-order valence-electron chi connectivity index (χ4n) is 3.76. The molecule has 1 aromatic carbocycles. The van der Waals surface area contributed by atoms with Gasteiger partial charge < -0.3 is 14.9 Å². The van der Waals surface area contributed by atoms with Crippen LogP contribution in [0.1, 0.15) is 37.4 Å². The van der Waals surface area contributed by atoms with Crippen LogP contribution < -0.4 is 0 Å². The van der Waals surface area contributed by atoms with Crippen LogP contribution in [0.15, 0.2) is 65.7 Å². The molecule has 0 bridgehead atoms. The molecule has 3 heteroatoms. The average molecular weight is 306 g/mol. The third kappa shape index (κ3) is 2.31. The average Bonchev–Trinajstić information content (AvgIpc) is 3.50. The van der Waals surface area contributed by atoms with Crippen LogP contribution in [0.2, 0.25) is 0 Å². The van der Waals surface area contributed by atoms with E-state index >= 15 is 0 Å². The molecule has 3 nitrogen and oxygen atoms in total. The zero-order valence-corrected chi connectivity index (χ0v) is 13.2. The van der Waals surface area contributed by atoms with Crippen molar-refractivity contribution in [3.63, 3.8) is 0 Å². The molecule has 1 atom stereocenters. The van der Waals surface area contributed by atoms with E-state index in [2.05, 4.69) is 28.3 Å². The molecule has 118 valence electrons. The number of aliphatic hydroxyl groups is 1. The van der Waals surface area contributed by atoms with Crippen molar-refractivity contribution < 1.29 is 5.11 Å². The largest absolute Gasteiger partial charge is 0.384 e. The highest BCUT2D eigenvalue weighted by Gasteiger charge is 2.39. The molecule has 2 saturated carbocycles. The molecule has 2 aliphatic carbocycles. The van der Waals surface area contributed by atoms with Crippen LogP contribution in [-0.4, -0.2) is 27.6 Å². The summed E-state index contributed by atoms with van der Waals surface area (Å²) in [5.74, 6) is 0.637. The van der Waals surface area contributed by atoms with E-state index in [0.29, 0.717) is 12.0 Å². The molecule has 0 radical (unpaired) electrons. The minimum absolute atomic E-state index is 0.537. The smallest absolute Gasteiger partial charge is 0.106 e. The molecule has 23 heavy (non-hydrogen) atoms. The van der Waals surface area contributed by atoms with Crippen molar-refractivity contribution in [3.8, 4) is 0 Å². The first-order chi connectivity index (χ1) is 11.3. The van der Waals surface area contributed by atoms with E-state index in [4.69, 9.17) is 0 Å². The number of hydrogen-bond acceptors (Lipinski definition) is 3. The summed E-state index contributed by atoms with van der Waals surface area (Å²) in [6.45, 7) is 0.930. The van der Waals surface area contributed by atoms with E-state index in [-0.39, 0.29) is 0 Å². The van der Waals surface area contributed by atoms with Crippen LogP contribution in [0.3, 0.4) is 0 Å². The first-order valence-corrected chi connectivity index (χ1v) is 8.71. The van der Waals surface area contributed by atoms with Crippen molar-refractivity contribution in [2.75, 3.05) is 6.67 Å². The molecule has 4 aliphatic rings. The molecule has 0 saturated heterocycles. The zero-order chi connectivity index (χ0) is 15.4. The molecule has 0 amide bonds. The maximum atomic E-state index is 11.1. The van der Waals surface area contributed by atoms with Crippen molar-refractivity contribution >= 4 is 0 Å². The summed E-state index contributed by atoms with van der Waals surface area (Å²) in [5.41, 5.74) is 4.67.